The van der Waals surface area contributed by atoms with Gasteiger partial charge in [-0.05, 0) is 43.3 Å². The van der Waals surface area contributed by atoms with Crippen molar-refractivity contribution in [2.75, 3.05) is 23.1 Å². The Morgan fingerprint density at radius 2 is 1.66 bits per heavy atom. The van der Waals surface area contributed by atoms with E-state index in [0.717, 1.165) is 22.0 Å². The fraction of sp³-hybridized carbons (Fsp3) is 0.136. The summed E-state index contributed by atoms with van der Waals surface area (Å²) in [5, 5.41) is 9.69. The monoisotopic (exact) mass is 447 g/mol. The molecule has 4 rings (SSSR count). The Balaban J connectivity index is 1.39. The molecule has 2 aromatic heterocycles. The van der Waals surface area contributed by atoms with E-state index in [4.69, 9.17) is 4.74 Å². The van der Waals surface area contributed by atoms with E-state index in [-0.39, 0.29) is 12.3 Å². The summed E-state index contributed by atoms with van der Waals surface area (Å²) < 4.78 is 5.17. The zero-order valence-corrected chi connectivity index (χ0v) is 18.3. The first-order chi connectivity index (χ1) is 15.6. The highest BCUT2D eigenvalue weighted by atomic mass is 32.1. The number of carbonyl (C=O) groups is 1. The molecule has 10 heteroatoms. The lowest BCUT2D eigenvalue weighted by Gasteiger charge is -2.08. The highest BCUT2D eigenvalue weighted by molar-refractivity contribution is 7.15. The van der Waals surface area contributed by atoms with E-state index in [0.29, 0.717) is 22.9 Å². The third-order valence-electron chi connectivity index (χ3n) is 4.26. The number of carbonyl (C=O) groups excluding carboxylic acids is 1. The fourth-order valence-electron chi connectivity index (χ4n) is 2.82. The molecule has 0 saturated carbocycles. The van der Waals surface area contributed by atoms with E-state index in [1.54, 1.807) is 20.2 Å². The Kier molecular flexibility index (Phi) is 6.52. The van der Waals surface area contributed by atoms with Crippen molar-refractivity contribution in [3.8, 4) is 5.75 Å². The smallest absolute Gasteiger partial charge is 0.234 e. The number of aryl methyl sites for hydroxylation is 1. The minimum Gasteiger partial charge on any atom is -0.497 e. The number of benzene rings is 2. The van der Waals surface area contributed by atoms with Gasteiger partial charge in [0.15, 0.2) is 5.13 Å². The molecule has 0 bridgehead atoms. The van der Waals surface area contributed by atoms with Gasteiger partial charge in [-0.3, -0.25) is 10.1 Å². The molecule has 3 N–H and O–H groups in total. The molecule has 0 aliphatic rings. The number of para-hydroxylation sites is 1. The van der Waals surface area contributed by atoms with Crippen LogP contribution in [0, 0.1) is 6.92 Å². The quantitative estimate of drug-likeness (QED) is 0.366. The van der Waals surface area contributed by atoms with Crippen LogP contribution in [0.5, 0.6) is 5.75 Å². The molecule has 0 aliphatic heterocycles. The van der Waals surface area contributed by atoms with Crippen LogP contribution in [0.15, 0.2) is 60.8 Å². The Morgan fingerprint density at radius 1 is 0.938 bits per heavy atom. The molecule has 0 atom stereocenters. The van der Waals surface area contributed by atoms with Crippen LogP contribution >= 0.6 is 11.3 Å². The summed E-state index contributed by atoms with van der Waals surface area (Å²) in [6, 6.07) is 16.8. The van der Waals surface area contributed by atoms with Crippen molar-refractivity contribution in [2.45, 2.75) is 13.3 Å². The van der Waals surface area contributed by atoms with Crippen LogP contribution in [-0.2, 0) is 11.2 Å². The van der Waals surface area contributed by atoms with Crippen molar-refractivity contribution in [3.63, 3.8) is 0 Å². The summed E-state index contributed by atoms with van der Waals surface area (Å²) >= 11 is 1.37. The predicted octanol–water partition coefficient (Wildman–Crippen LogP) is 4.31. The van der Waals surface area contributed by atoms with E-state index in [9.17, 15) is 4.79 Å². The Bertz CT molecular complexity index is 1200. The number of rotatable bonds is 8. The number of aromatic nitrogens is 4. The molecule has 2 aromatic carbocycles. The van der Waals surface area contributed by atoms with Crippen molar-refractivity contribution >= 4 is 45.6 Å². The molecule has 32 heavy (non-hydrogen) atoms. The van der Waals surface area contributed by atoms with Crippen molar-refractivity contribution < 1.29 is 9.53 Å². The molecule has 0 unspecified atom stereocenters. The number of nitrogens with one attached hydrogen (secondary N) is 3. The Hall–Kier alpha value is -4.05. The number of hydrogen-bond donors (Lipinski definition) is 3. The normalized spacial score (nSPS) is 10.4. The number of nitrogens with zero attached hydrogens (tertiary/aromatic N) is 4. The van der Waals surface area contributed by atoms with Gasteiger partial charge in [-0.25, -0.2) is 4.98 Å². The lowest BCUT2D eigenvalue weighted by Crippen LogP contribution is -2.13. The zero-order valence-electron chi connectivity index (χ0n) is 17.5. The summed E-state index contributed by atoms with van der Waals surface area (Å²) in [7, 11) is 1.62. The second-order valence-corrected chi connectivity index (χ2v) is 7.85. The average molecular weight is 448 g/mol. The van der Waals surface area contributed by atoms with Gasteiger partial charge in [0.1, 0.15) is 11.6 Å². The summed E-state index contributed by atoms with van der Waals surface area (Å²) in [6.07, 6.45) is 1.90. The zero-order chi connectivity index (χ0) is 22.3. The maximum Gasteiger partial charge on any atom is 0.234 e. The SMILES string of the molecule is COc1ccc(Nc2nc(C)nc(Nc3ncc(CC(=O)Nc4ccccc4)s3)n2)cc1. The fourth-order valence-corrected chi connectivity index (χ4v) is 3.63. The topological polar surface area (TPSA) is 114 Å². The Morgan fingerprint density at radius 3 is 2.38 bits per heavy atom. The predicted molar refractivity (Wildman–Crippen MR) is 125 cm³/mol. The van der Waals surface area contributed by atoms with Gasteiger partial charge in [-0.1, -0.05) is 18.2 Å². The summed E-state index contributed by atoms with van der Waals surface area (Å²) in [5.74, 6) is 1.99. The number of thiazole rings is 1. The first-order valence-corrected chi connectivity index (χ1v) is 10.6. The lowest BCUT2D eigenvalue weighted by atomic mass is 10.3. The number of hydrogen-bond acceptors (Lipinski definition) is 9. The van der Waals surface area contributed by atoms with Gasteiger partial charge in [-0.2, -0.15) is 15.0 Å². The summed E-state index contributed by atoms with van der Waals surface area (Å²) in [5.41, 5.74) is 1.58. The first kappa shape index (κ1) is 21.2. The van der Waals surface area contributed by atoms with E-state index in [1.165, 1.54) is 11.3 Å². The highest BCUT2D eigenvalue weighted by Gasteiger charge is 2.11. The lowest BCUT2D eigenvalue weighted by molar-refractivity contribution is -0.115. The standard InChI is InChI=1S/C22H21N7O2S/c1-14-24-20(27-16-8-10-17(31-2)11-9-16)28-21(25-14)29-22-23-13-18(32-22)12-19(30)26-15-6-4-3-5-7-15/h3-11,13H,12H2,1-2H3,(H,26,30)(H2,23,24,25,27,28,29). The average Bonchev–Trinajstić information content (AvgIpc) is 3.21. The number of ether oxygens (including phenoxy) is 1. The van der Waals surface area contributed by atoms with Crippen LogP contribution < -0.4 is 20.7 Å². The van der Waals surface area contributed by atoms with Gasteiger partial charge in [0.2, 0.25) is 17.8 Å². The van der Waals surface area contributed by atoms with Crippen LogP contribution in [0.1, 0.15) is 10.7 Å². The van der Waals surface area contributed by atoms with Crippen LogP contribution in [0.4, 0.5) is 28.4 Å². The molecule has 0 saturated heterocycles. The summed E-state index contributed by atoms with van der Waals surface area (Å²) in [4.78, 5) is 30.4. The second kappa shape index (κ2) is 9.84. The largest absolute Gasteiger partial charge is 0.497 e. The van der Waals surface area contributed by atoms with Gasteiger partial charge in [-0.15, -0.1) is 11.3 Å². The van der Waals surface area contributed by atoms with Crippen LogP contribution in [-0.4, -0.2) is 33.0 Å². The van der Waals surface area contributed by atoms with E-state index in [2.05, 4.69) is 35.9 Å². The molecule has 162 valence electrons. The number of amides is 1. The maximum absolute atomic E-state index is 12.3. The molecule has 0 aliphatic carbocycles. The molecular weight excluding hydrogens is 426 g/mol. The van der Waals surface area contributed by atoms with E-state index in [1.807, 2.05) is 54.6 Å². The molecule has 2 heterocycles. The van der Waals surface area contributed by atoms with Gasteiger partial charge >= 0.3 is 0 Å². The highest BCUT2D eigenvalue weighted by Crippen LogP contribution is 2.23. The summed E-state index contributed by atoms with van der Waals surface area (Å²) in [6.45, 7) is 1.78. The van der Waals surface area contributed by atoms with Crippen LogP contribution in [0.3, 0.4) is 0 Å². The van der Waals surface area contributed by atoms with Crippen molar-refractivity contribution in [3.05, 3.63) is 71.5 Å². The van der Waals surface area contributed by atoms with Crippen LogP contribution in [0.25, 0.3) is 0 Å². The molecule has 0 radical (unpaired) electrons. The minimum atomic E-state index is -0.103. The number of methoxy groups -OCH3 is 1. The third-order valence-corrected chi connectivity index (χ3v) is 5.17. The molecule has 4 aromatic rings. The minimum absolute atomic E-state index is 0.103. The molecule has 9 nitrogen and oxygen atoms in total. The van der Waals surface area contributed by atoms with Gasteiger partial charge in [0, 0.05) is 22.4 Å². The van der Waals surface area contributed by atoms with Crippen molar-refractivity contribution in [1.82, 2.24) is 19.9 Å². The molecular formula is C22H21N7O2S. The third kappa shape index (κ3) is 5.76. The van der Waals surface area contributed by atoms with Crippen molar-refractivity contribution in [2.24, 2.45) is 0 Å². The Labute approximate surface area is 189 Å². The molecule has 0 fully saturated rings. The van der Waals surface area contributed by atoms with Crippen LogP contribution in [0.2, 0.25) is 0 Å². The van der Waals surface area contributed by atoms with Gasteiger partial charge < -0.3 is 15.4 Å². The first-order valence-electron chi connectivity index (χ1n) is 9.78. The van der Waals surface area contributed by atoms with E-state index < -0.39 is 0 Å². The van der Waals surface area contributed by atoms with Gasteiger partial charge in [0.05, 0.1) is 13.5 Å². The van der Waals surface area contributed by atoms with Gasteiger partial charge in [0.25, 0.3) is 0 Å². The van der Waals surface area contributed by atoms with E-state index >= 15 is 0 Å². The molecule has 1 amide bonds. The molecule has 0 spiro atoms. The second-order valence-electron chi connectivity index (χ2n) is 6.73. The number of anilines is 5. The van der Waals surface area contributed by atoms with Crippen molar-refractivity contribution in [1.29, 1.82) is 0 Å². The maximum atomic E-state index is 12.3.